The maximum atomic E-state index is 12.5. The zero-order valence-corrected chi connectivity index (χ0v) is 12.3. The number of carbonyl (C=O) groups is 1. The molecule has 1 aliphatic rings. The van der Waals surface area contributed by atoms with Crippen molar-refractivity contribution in [3.8, 4) is 0 Å². The summed E-state index contributed by atoms with van der Waals surface area (Å²) in [6, 6.07) is 3.74. The highest BCUT2D eigenvalue weighted by Crippen LogP contribution is 2.29. The summed E-state index contributed by atoms with van der Waals surface area (Å²) in [5.74, 6) is 0.710. The Morgan fingerprint density at radius 2 is 1.86 bits per heavy atom. The zero-order valence-electron chi connectivity index (χ0n) is 12.3. The largest absolute Gasteiger partial charge is 0.416 e. The normalized spacial score (nSPS) is 18.2. The summed E-state index contributed by atoms with van der Waals surface area (Å²) in [5.41, 5.74) is -0.459. The minimum Gasteiger partial charge on any atom is -0.363 e. The van der Waals surface area contributed by atoms with E-state index in [0.29, 0.717) is 11.5 Å². The van der Waals surface area contributed by atoms with Crippen LogP contribution in [0.2, 0.25) is 0 Å². The van der Waals surface area contributed by atoms with Crippen LogP contribution in [0.25, 0.3) is 0 Å². The first-order valence-corrected chi connectivity index (χ1v) is 7.13. The van der Waals surface area contributed by atoms with E-state index in [2.05, 4.69) is 10.3 Å². The first-order chi connectivity index (χ1) is 10.4. The number of nitrogens with zero attached hydrogens (tertiary/aromatic N) is 2. The predicted molar refractivity (Wildman–Crippen MR) is 79.0 cm³/mol. The monoisotopic (exact) mass is 313 g/mol. The summed E-state index contributed by atoms with van der Waals surface area (Å²) < 4.78 is 37.4. The van der Waals surface area contributed by atoms with Crippen LogP contribution in [-0.2, 0) is 6.18 Å². The molecule has 7 heteroatoms. The van der Waals surface area contributed by atoms with Gasteiger partial charge in [0, 0.05) is 25.7 Å². The predicted octanol–water partition coefficient (Wildman–Crippen LogP) is 4.14. The van der Waals surface area contributed by atoms with Crippen LogP contribution < -0.4 is 5.32 Å². The molecule has 0 radical (unpaired) electrons. The molecule has 0 aliphatic carbocycles. The molecule has 0 aromatic heterocycles. The summed E-state index contributed by atoms with van der Waals surface area (Å²) >= 11 is 0. The molecule has 1 N–H and O–H groups in total. The van der Waals surface area contributed by atoms with Crippen molar-refractivity contribution in [2.45, 2.75) is 31.9 Å². The van der Waals surface area contributed by atoms with Gasteiger partial charge in [-0.05, 0) is 37.1 Å². The van der Waals surface area contributed by atoms with Gasteiger partial charge in [0.1, 0.15) is 5.84 Å². The highest BCUT2D eigenvalue weighted by molar-refractivity contribution is 5.99. The average molecular weight is 313 g/mol. The van der Waals surface area contributed by atoms with Crippen molar-refractivity contribution in [1.29, 1.82) is 0 Å². The van der Waals surface area contributed by atoms with Gasteiger partial charge in [0.05, 0.1) is 5.56 Å². The third-order valence-electron chi connectivity index (χ3n) is 3.53. The van der Waals surface area contributed by atoms with E-state index in [4.69, 9.17) is 0 Å². The topological polar surface area (TPSA) is 44.7 Å². The van der Waals surface area contributed by atoms with Gasteiger partial charge in [-0.3, -0.25) is 0 Å². The van der Waals surface area contributed by atoms with Gasteiger partial charge >= 0.3 is 12.2 Å². The van der Waals surface area contributed by atoms with Crippen LogP contribution in [0.5, 0.6) is 0 Å². The molecule has 2 rings (SSSR count). The van der Waals surface area contributed by atoms with E-state index < -0.39 is 17.8 Å². The van der Waals surface area contributed by atoms with Crippen molar-refractivity contribution in [3.05, 3.63) is 29.8 Å². The number of amidine groups is 1. The highest BCUT2D eigenvalue weighted by atomic mass is 19.4. The SMILES string of the molecule is CN1CCCCCC1=NC(=O)Nc1ccc(C(F)(F)F)cc1. The number of urea groups is 1. The molecule has 0 bridgehead atoms. The van der Waals surface area contributed by atoms with E-state index in [1.165, 1.54) is 12.1 Å². The Morgan fingerprint density at radius 3 is 2.50 bits per heavy atom. The summed E-state index contributed by atoms with van der Waals surface area (Å²) in [4.78, 5) is 17.8. The van der Waals surface area contributed by atoms with Crippen LogP contribution in [0.4, 0.5) is 23.7 Å². The van der Waals surface area contributed by atoms with Crippen LogP contribution in [0.15, 0.2) is 29.3 Å². The van der Waals surface area contributed by atoms with Crippen LogP contribution in [0, 0.1) is 0 Å². The smallest absolute Gasteiger partial charge is 0.363 e. The highest BCUT2D eigenvalue weighted by Gasteiger charge is 2.29. The van der Waals surface area contributed by atoms with Crippen molar-refractivity contribution in [2.24, 2.45) is 4.99 Å². The van der Waals surface area contributed by atoms with Crippen LogP contribution in [0.1, 0.15) is 31.2 Å². The third kappa shape index (κ3) is 4.47. The number of aliphatic imine (C=N–C) groups is 1. The van der Waals surface area contributed by atoms with E-state index in [9.17, 15) is 18.0 Å². The molecule has 0 saturated carbocycles. The van der Waals surface area contributed by atoms with Gasteiger partial charge in [-0.15, -0.1) is 0 Å². The molecule has 1 aliphatic heterocycles. The lowest BCUT2D eigenvalue weighted by molar-refractivity contribution is -0.137. The molecule has 0 spiro atoms. The van der Waals surface area contributed by atoms with Crippen LogP contribution >= 0.6 is 0 Å². The van der Waals surface area contributed by atoms with Crippen LogP contribution in [0.3, 0.4) is 0 Å². The van der Waals surface area contributed by atoms with Gasteiger partial charge in [0.25, 0.3) is 0 Å². The van der Waals surface area contributed by atoms with E-state index >= 15 is 0 Å². The first-order valence-electron chi connectivity index (χ1n) is 7.13. The Bertz CT molecular complexity index is 552. The number of hydrogen-bond acceptors (Lipinski definition) is 1. The zero-order chi connectivity index (χ0) is 16.2. The van der Waals surface area contributed by atoms with E-state index in [1.54, 1.807) is 0 Å². The Hall–Kier alpha value is -2.05. The van der Waals surface area contributed by atoms with Crippen molar-refractivity contribution < 1.29 is 18.0 Å². The maximum Gasteiger partial charge on any atom is 0.416 e. The van der Waals surface area contributed by atoms with Gasteiger partial charge in [0.2, 0.25) is 0 Å². The summed E-state index contributed by atoms with van der Waals surface area (Å²) in [7, 11) is 1.88. The number of benzene rings is 1. The maximum absolute atomic E-state index is 12.5. The molecule has 1 fully saturated rings. The molecule has 120 valence electrons. The fourth-order valence-corrected chi connectivity index (χ4v) is 2.28. The van der Waals surface area contributed by atoms with Gasteiger partial charge in [-0.25, -0.2) is 4.79 Å². The first kappa shape index (κ1) is 16.3. The Balaban J connectivity index is 2.02. The van der Waals surface area contributed by atoms with Crippen molar-refractivity contribution >= 4 is 17.6 Å². The van der Waals surface area contributed by atoms with Crippen molar-refractivity contribution in [3.63, 3.8) is 0 Å². The van der Waals surface area contributed by atoms with Gasteiger partial charge < -0.3 is 10.2 Å². The number of amides is 2. The molecule has 1 aromatic carbocycles. The second-order valence-corrected chi connectivity index (χ2v) is 5.27. The van der Waals surface area contributed by atoms with E-state index in [1.807, 2.05) is 11.9 Å². The summed E-state index contributed by atoms with van der Waals surface area (Å²) in [5, 5.41) is 2.49. The fraction of sp³-hybridized carbons (Fsp3) is 0.467. The number of halogens is 3. The van der Waals surface area contributed by atoms with E-state index in [-0.39, 0.29) is 0 Å². The third-order valence-corrected chi connectivity index (χ3v) is 3.53. The van der Waals surface area contributed by atoms with Gasteiger partial charge in [-0.2, -0.15) is 18.2 Å². The summed E-state index contributed by atoms with van der Waals surface area (Å²) in [6.07, 6.45) is -0.501. The molecule has 2 amide bonds. The van der Waals surface area contributed by atoms with Crippen molar-refractivity contribution in [1.82, 2.24) is 4.90 Å². The lowest BCUT2D eigenvalue weighted by Gasteiger charge is -2.17. The Kier molecular flexibility index (Phi) is 5.05. The summed E-state index contributed by atoms with van der Waals surface area (Å²) in [6.45, 7) is 0.854. The van der Waals surface area contributed by atoms with Gasteiger partial charge in [0.15, 0.2) is 0 Å². The lowest BCUT2D eigenvalue weighted by Crippen LogP contribution is -2.27. The second kappa shape index (κ2) is 6.81. The Morgan fingerprint density at radius 1 is 1.18 bits per heavy atom. The minimum atomic E-state index is -4.38. The number of likely N-dealkylation sites (tertiary alicyclic amines) is 1. The van der Waals surface area contributed by atoms with Gasteiger partial charge in [-0.1, -0.05) is 6.42 Å². The Labute approximate surface area is 127 Å². The number of carbonyl (C=O) groups excluding carboxylic acids is 1. The molecule has 1 heterocycles. The number of rotatable bonds is 1. The molecule has 1 aromatic rings. The quantitative estimate of drug-likeness (QED) is 0.847. The molecule has 0 unspecified atom stereocenters. The van der Waals surface area contributed by atoms with E-state index in [0.717, 1.165) is 44.4 Å². The fourth-order valence-electron chi connectivity index (χ4n) is 2.28. The average Bonchev–Trinajstić information content (AvgIpc) is 2.64. The number of hydrogen-bond donors (Lipinski definition) is 1. The lowest BCUT2D eigenvalue weighted by atomic mass is 10.2. The van der Waals surface area contributed by atoms with Crippen molar-refractivity contribution in [2.75, 3.05) is 18.9 Å². The number of alkyl halides is 3. The second-order valence-electron chi connectivity index (χ2n) is 5.27. The minimum absolute atomic E-state index is 0.290. The molecular weight excluding hydrogens is 295 g/mol. The van der Waals surface area contributed by atoms with Crippen LogP contribution in [-0.4, -0.2) is 30.4 Å². The molecule has 1 saturated heterocycles. The molecule has 0 atom stereocenters. The standard InChI is InChI=1S/C15H18F3N3O/c1-21-10-4-2-3-5-13(21)20-14(22)19-12-8-6-11(7-9-12)15(16,17)18/h6-9H,2-5,10H2,1H3,(H,19,22). The molecule has 22 heavy (non-hydrogen) atoms. The number of anilines is 1. The number of nitrogens with one attached hydrogen (secondary N) is 1. The molecular formula is C15H18F3N3O. The molecule has 4 nitrogen and oxygen atoms in total.